The summed E-state index contributed by atoms with van der Waals surface area (Å²) in [6.07, 6.45) is 0. The van der Waals surface area contributed by atoms with Gasteiger partial charge in [-0.15, -0.1) is 0 Å². The lowest BCUT2D eigenvalue weighted by Gasteiger charge is -2.38. The fourth-order valence-electron chi connectivity index (χ4n) is 1.29. The van der Waals surface area contributed by atoms with Gasteiger partial charge in [0.25, 0.3) is 0 Å². The third-order valence-corrected chi connectivity index (χ3v) is 3.56. The van der Waals surface area contributed by atoms with E-state index in [1.807, 2.05) is 13.8 Å². The van der Waals surface area contributed by atoms with Crippen LogP contribution in [0, 0.1) is 0 Å². The molecule has 1 aromatic rings. The van der Waals surface area contributed by atoms with E-state index in [1.54, 1.807) is 38.1 Å². The number of amides is 1. The average molecular weight is 285 g/mol. The Balaban J connectivity index is 2.53. The summed E-state index contributed by atoms with van der Waals surface area (Å²) < 4.78 is 0. The lowest BCUT2D eigenvalue weighted by molar-refractivity contribution is -0.116. The van der Waals surface area contributed by atoms with E-state index in [4.69, 9.17) is 11.6 Å². The Labute approximate surface area is 119 Å². The second-order valence-corrected chi connectivity index (χ2v) is 6.03. The van der Waals surface area contributed by atoms with E-state index in [2.05, 4.69) is 10.6 Å². The minimum absolute atomic E-state index is 0.115. The van der Waals surface area contributed by atoms with E-state index in [-0.39, 0.29) is 12.5 Å². The highest BCUT2D eigenvalue weighted by molar-refractivity contribution is 6.30. The second-order valence-electron chi connectivity index (χ2n) is 5.60. The van der Waals surface area contributed by atoms with Gasteiger partial charge in [0.1, 0.15) is 0 Å². The topological polar surface area (TPSA) is 61.4 Å². The van der Waals surface area contributed by atoms with Gasteiger partial charge in [0, 0.05) is 16.2 Å². The van der Waals surface area contributed by atoms with Crippen molar-refractivity contribution in [2.45, 2.75) is 38.8 Å². The summed E-state index contributed by atoms with van der Waals surface area (Å²) in [4.78, 5) is 11.8. The zero-order valence-corrected chi connectivity index (χ0v) is 12.5. The quantitative estimate of drug-likeness (QED) is 0.778. The van der Waals surface area contributed by atoms with Crippen LogP contribution in [0.15, 0.2) is 24.3 Å². The third kappa shape index (κ3) is 4.82. The van der Waals surface area contributed by atoms with Crippen LogP contribution in [0.5, 0.6) is 0 Å². The van der Waals surface area contributed by atoms with Crippen molar-refractivity contribution in [2.24, 2.45) is 0 Å². The molecule has 0 atom stereocenters. The van der Waals surface area contributed by atoms with Gasteiger partial charge in [0.15, 0.2) is 0 Å². The van der Waals surface area contributed by atoms with Crippen LogP contribution in [0.4, 0.5) is 5.69 Å². The smallest absolute Gasteiger partial charge is 0.238 e. The van der Waals surface area contributed by atoms with Gasteiger partial charge in [-0.25, -0.2) is 0 Å². The molecule has 5 heteroatoms. The van der Waals surface area contributed by atoms with Crippen LogP contribution in [0.3, 0.4) is 0 Å². The number of hydrogen-bond donors (Lipinski definition) is 3. The van der Waals surface area contributed by atoms with Crippen LogP contribution in [0.25, 0.3) is 0 Å². The average Bonchev–Trinajstić information content (AvgIpc) is 2.25. The highest BCUT2D eigenvalue weighted by Crippen LogP contribution is 2.20. The summed E-state index contributed by atoms with van der Waals surface area (Å²) in [5.41, 5.74) is -0.845. The van der Waals surface area contributed by atoms with Crippen LogP contribution >= 0.6 is 11.6 Å². The summed E-state index contributed by atoms with van der Waals surface area (Å²) in [5.74, 6) is -0.181. The minimum Gasteiger partial charge on any atom is -0.389 e. The number of hydrogen-bond acceptors (Lipinski definition) is 3. The first-order valence-electron chi connectivity index (χ1n) is 6.15. The third-order valence-electron chi connectivity index (χ3n) is 3.33. The van der Waals surface area contributed by atoms with Gasteiger partial charge >= 0.3 is 0 Å². The molecule has 0 aliphatic heterocycles. The molecule has 0 saturated carbocycles. The van der Waals surface area contributed by atoms with Gasteiger partial charge in [-0.2, -0.15) is 0 Å². The van der Waals surface area contributed by atoms with Crippen molar-refractivity contribution in [2.75, 3.05) is 11.9 Å². The standard InChI is InChI=1S/C14H21ClN2O2/c1-13(2,14(3,4)19)16-9-12(18)17-11-7-5-6-10(15)8-11/h5-8,16,19H,9H2,1-4H3,(H,17,18). The molecule has 0 saturated heterocycles. The Bertz CT molecular complexity index is 453. The predicted molar refractivity (Wildman–Crippen MR) is 78.5 cm³/mol. The first-order valence-corrected chi connectivity index (χ1v) is 6.52. The van der Waals surface area contributed by atoms with Crippen molar-refractivity contribution in [1.29, 1.82) is 0 Å². The summed E-state index contributed by atoms with van der Waals surface area (Å²) >= 11 is 5.84. The molecule has 106 valence electrons. The normalized spacial score (nSPS) is 12.3. The minimum atomic E-state index is -0.927. The van der Waals surface area contributed by atoms with Crippen LogP contribution < -0.4 is 10.6 Å². The Morgan fingerprint density at radius 2 is 1.95 bits per heavy atom. The largest absolute Gasteiger partial charge is 0.389 e. The van der Waals surface area contributed by atoms with Crippen LogP contribution in [0.1, 0.15) is 27.7 Å². The Morgan fingerprint density at radius 3 is 2.47 bits per heavy atom. The number of aliphatic hydroxyl groups is 1. The molecule has 0 aliphatic rings. The van der Waals surface area contributed by atoms with Gasteiger partial charge in [-0.1, -0.05) is 17.7 Å². The van der Waals surface area contributed by atoms with Gasteiger partial charge in [0.2, 0.25) is 5.91 Å². The number of nitrogens with one attached hydrogen (secondary N) is 2. The lowest BCUT2D eigenvalue weighted by atomic mass is 9.86. The van der Waals surface area contributed by atoms with Crippen molar-refractivity contribution < 1.29 is 9.90 Å². The molecule has 0 bridgehead atoms. The highest BCUT2D eigenvalue weighted by Gasteiger charge is 2.34. The van der Waals surface area contributed by atoms with E-state index >= 15 is 0 Å². The Hall–Kier alpha value is -1.10. The first-order chi connectivity index (χ1) is 8.62. The maximum atomic E-state index is 11.8. The molecular weight excluding hydrogens is 264 g/mol. The fourth-order valence-corrected chi connectivity index (χ4v) is 1.48. The lowest BCUT2D eigenvalue weighted by Crippen LogP contribution is -2.57. The van der Waals surface area contributed by atoms with Crippen LogP contribution in [-0.4, -0.2) is 28.7 Å². The monoisotopic (exact) mass is 284 g/mol. The molecule has 19 heavy (non-hydrogen) atoms. The second kappa shape index (κ2) is 5.90. The summed E-state index contributed by atoms with van der Waals surface area (Å²) in [5, 5.41) is 16.3. The molecule has 1 amide bonds. The van der Waals surface area contributed by atoms with Crippen molar-refractivity contribution in [3.63, 3.8) is 0 Å². The molecule has 0 aromatic heterocycles. The van der Waals surface area contributed by atoms with Crippen molar-refractivity contribution in [3.05, 3.63) is 29.3 Å². The van der Waals surface area contributed by atoms with E-state index in [0.717, 1.165) is 0 Å². The summed E-state index contributed by atoms with van der Waals surface area (Å²) in [7, 11) is 0. The maximum Gasteiger partial charge on any atom is 0.238 e. The van der Waals surface area contributed by atoms with Crippen LogP contribution in [-0.2, 0) is 4.79 Å². The van der Waals surface area contributed by atoms with Crippen molar-refractivity contribution >= 4 is 23.2 Å². The van der Waals surface area contributed by atoms with Gasteiger partial charge < -0.3 is 15.7 Å². The molecule has 0 aliphatic carbocycles. The Kier molecular flexibility index (Phi) is 4.96. The number of carbonyl (C=O) groups is 1. The van der Waals surface area contributed by atoms with Gasteiger partial charge in [-0.05, 0) is 45.9 Å². The maximum absolute atomic E-state index is 11.8. The molecule has 3 N–H and O–H groups in total. The summed E-state index contributed by atoms with van der Waals surface area (Å²) in [6.45, 7) is 7.21. The zero-order valence-electron chi connectivity index (χ0n) is 11.7. The molecule has 0 spiro atoms. The molecule has 1 rings (SSSR count). The van der Waals surface area contributed by atoms with Crippen molar-refractivity contribution in [3.8, 4) is 0 Å². The van der Waals surface area contributed by atoms with E-state index in [1.165, 1.54) is 0 Å². The molecular formula is C14H21ClN2O2. The molecule has 0 radical (unpaired) electrons. The number of halogens is 1. The molecule has 0 fully saturated rings. The van der Waals surface area contributed by atoms with Gasteiger partial charge in [0.05, 0.1) is 12.1 Å². The number of rotatable bonds is 5. The zero-order chi connectivity index (χ0) is 14.7. The number of anilines is 1. The number of benzene rings is 1. The van der Waals surface area contributed by atoms with Gasteiger partial charge in [-0.3, -0.25) is 4.79 Å². The fraction of sp³-hybridized carbons (Fsp3) is 0.500. The number of carbonyl (C=O) groups excluding carboxylic acids is 1. The predicted octanol–water partition coefficient (Wildman–Crippen LogP) is 2.42. The molecule has 0 unspecified atom stereocenters. The summed E-state index contributed by atoms with van der Waals surface area (Å²) in [6, 6.07) is 6.96. The van der Waals surface area contributed by atoms with E-state index in [9.17, 15) is 9.90 Å². The highest BCUT2D eigenvalue weighted by atomic mass is 35.5. The molecule has 1 aromatic carbocycles. The molecule has 4 nitrogen and oxygen atoms in total. The molecule has 0 heterocycles. The Morgan fingerprint density at radius 1 is 1.32 bits per heavy atom. The first kappa shape index (κ1) is 16.0. The van der Waals surface area contributed by atoms with E-state index in [0.29, 0.717) is 10.7 Å². The SMILES string of the molecule is CC(C)(O)C(C)(C)NCC(=O)Nc1cccc(Cl)c1. The van der Waals surface area contributed by atoms with Crippen LogP contribution in [0.2, 0.25) is 5.02 Å². The van der Waals surface area contributed by atoms with E-state index < -0.39 is 11.1 Å². The van der Waals surface area contributed by atoms with Crippen molar-refractivity contribution in [1.82, 2.24) is 5.32 Å².